The molecule has 176 valence electrons. The van der Waals surface area contributed by atoms with Crippen LogP contribution in [-0.2, 0) is 11.4 Å². The van der Waals surface area contributed by atoms with Crippen molar-refractivity contribution in [3.63, 3.8) is 0 Å². The predicted octanol–water partition coefficient (Wildman–Crippen LogP) is 6.09. The van der Waals surface area contributed by atoms with Gasteiger partial charge in [0.05, 0.1) is 15.6 Å². The molecule has 0 radical (unpaired) electrons. The summed E-state index contributed by atoms with van der Waals surface area (Å²) in [6.45, 7) is 2.21. The van der Waals surface area contributed by atoms with Crippen molar-refractivity contribution >= 4 is 40.7 Å². The maximum atomic E-state index is 13.4. The number of nitrogens with one attached hydrogen (secondary N) is 2. The molecule has 4 aromatic rings. The van der Waals surface area contributed by atoms with Gasteiger partial charge in [-0.15, -0.1) is 0 Å². The Kier molecular flexibility index (Phi) is 6.44. The van der Waals surface area contributed by atoms with Crippen molar-refractivity contribution in [1.82, 2.24) is 14.8 Å². The molecule has 5 rings (SSSR count). The predicted molar refractivity (Wildman–Crippen MR) is 137 cm³/mol. The van der Waals surface area contributed by atoms with E-state index in [-0.39, 0.29) is 5.91 Å². The number of aromatic nitrogens is 3. The van der Waals surface area contributed by atoms with Crippen LogP contribution < -0.4 is 15.4 Å². The fraction of sp³-hybridized carbons (Fsp3) is 0.115. The van der Waals surface area contributed by atoms with Crippen LogP contribution in [0.25, 0.3) is 0 Å². The van der Waals surface area contributed by atoms with Crippen LogP contribution >= 0.6 is 23.2 Å². The molecule has 0 saturated carbocycles. The summed E-state index contributed by atoms with van der Waals surface area (Å²) in [6.07, 6.45) is 1.47. The molecule has 2 N–H and O–H groups in total. The smallest absolute Gasteiger partial charge is 0.255 e. The van der Waals surface area contributed by atoms with E-state index < -0.39 is 6.04 Å². The number of hydrogen-bond acceptors (Lipinski definition) is 5. The third-order valence-electron chi connectivity index (χ3n) is 5.66. The van der Waals surface area contributed by atoms with Crippen molar-refractivity contribution in [1.29, 1.82) is 0 Å². The number of fused-ring (bicyclic) bond motifs is 1. The Hall–Kier alpha value is -3.81. The van der Waals surface area contributed by atoms with Crippen molar-refractivity contribution in [3.8, 4) is 5.75 Å². The third kappa shape index (κ3) is 4.87. The van der Waals surface area contributed by atoms with E-state index in [9.17, 15) is 4.79 Å². The van der Waals surface area contributed by atoms with Gasteiger partial charge in [-0.25, -0.2) is 4.68 Å². The Morgan fingerprint density at radius 2 is 1.83 bits per heavy atom. The van der Waals surface area contributed by atoms with Gasteiger partial charge in [-0.05, 0) is 54.4 Å². The number of para-hydroxylation sites is 1. The summed E-state index contributed by atoms with van der Waals surface area (Å²) in [5.74, 6) is 1.04. The van der Waals surface area contributed by atoms with Gasteiger partial charge < -0.3 is 15.4 Å². The minimum absolute atomic E-state index is 0.215. The van der Waals surface area contributed by atoms with Gasteiger partial charge in [0.2, 0.25) is 5.95 Å². The maximum absolute atomic E-state index is 13.4. The molecule has 35 heavy (non-hydrogen) atoms. The minimum Gasteiger partial charge on any atom is -0.489 e. The lowest BCUT2D eigenvalue weighted by Gasteiger charge is -2.28. The van der Waals surface area contributed by atoms with Crippen LogP contribution in [0.2, 0.25) is 10.0 Å². The average molecular weight is 506 g/mol. The van der Waals surface area contributed by atoms with Crippen LogP contribution in [0, 0.1) is 0 Å². The van der Waals surface area contributed by atoms with Crippen molar-refractivity contribution < 1.29 is 9.53 Å². The highest BCUT2D eigenvalue weighted by molar-refractivity contribution is 6.42. The number of allylic oxidation sites excluding steroid dienone is 1. The number of benzene rings is 3. The first kappa shape index (κ1) is 23.0. The standard InChI is InChI=1S/C26H21Cl2N5O2/c1-16-23(25(34)32-19-5-3-2-4-6-19)24(33-26(31-16)29-15-30-33)18-8-10-20(11-9-18)35-14-17-7-12-21(27)22(28)13-17/h2-13,15,24H,14H2,1H3,(H,32,34)(H,29,30,31). The van der Waals surface area contributed by atoms with Gasteiger partial charge in [-0.1, -0.05) is 59.6 Å². The molecule has 1 amide bonds. The lowest BCUT2D eigenvalue weighted by Crippen LogP contribution is -2.31. The van der Waals surface area contributed by atoms with Crippen LogP contribution in [0.15, 0.2) is 90.4 Å². The van der Waals surface area contributed by atoms with Gasteiger partial charge in [0.15, 0.2) is 0 Å². The SMILES string of the molecule is CC1=C(C(=O)Nc2ccccc2)C(c2ccc(OCc3ccc(Cl)c(Cl)c3)cc2)n2ncnc2N1. The fourth-order valence-electron chi connectivity index (χ4n) is 3.96. The summed E-state index contributed by atoms with van der Waals surface area (Å²) in [5, 5.41) is 11.5. The number of ether oxygens (including phenoxy) is 1. The Labute approximate surface area is 212 Å². The highest BCUT2D eigenvalue weighted by atomic mass is 35.5. The Bertz CT molecular complexity index is 1400. The number of hydrogen-bond donors (Lipinski definition) is 2. The number of anilines is 2. The van der Waals surface area contributed by atoms with Crippen LogP contribution in [0.5, 0.6) is 5.75 Å². The van der Waals surface area contributed by atoms with Gasteiger partial charge in [-0.2, -0.15) is 10.1 Å². The molecule has 1 aliphatic rings. The van der Waals surface area contributed by atoms with Gasteiger partial charge in [0, 0.05) is 11.4 Å². The number of nitrogens with zero attached hydrogens (tertiary/aromatic N) is 3. The normalized spacial score (nSPS) is 14.8. The first-order valence-electron chi connectivity index (χ1n) is 10.9. The second kappa shape index (κ2) is 9.82. The quantitative estimate of drug-likeness (QED) is 0.331. The number of halogens is 2. The van der Waals surface area contributed by atoms with Crippen LogP contribution in [0.4, 0.5) is 11.6 Å². The largest absolute Gasteiger partial charge is 0.489 e. The molecule has 1 aromatic heterocycles. The van der Waals surface area contributed by atoms with E-state index in [1.54, 1.807) is 16.8 Å². The first-order valence-corrected chi connectivity index (χ1v) is 11.7. The van der Waals surface area contributed by atoms with E-state index >= 15 is 0 Å². The Balaban J connectivity index is 1.40. The molecule has 0 fully saturated rings. The molecule has 1 atom stereocenters. The van der Waals surface area contributed by atoms with Gasteiger partial charge in [0.25, 0.3) is 5.91 Å². The fourth-order valence-corrected chi connectivity index (χ4v) is 4.28. The van der Waals surface area contributed by atoms with Crippen LogP contribution in [0.1, 0.15) is 24.1 Å². The van der Waals surface area contributed by atoms with Crippen molar-refractivity contribution in [2.75, 3.05) is 10.6 Å². The van der Waals surface area contributed by atoms with Crippen molar-refractivity contribution in [2.45, 2.75) is 19.6 Å². The zero-order chi connectivity index (χ0) is 24.4. The van der Waals surface area contributed by atoms with Gasteiger partial charge >= 0.3 is 0 Å². The second-order valence-electron chi connectivity index (χ2n) is 8.02. The summed E-state index contributed by atoms with van der Waals surface area (Å²) in [7, 11) is 0. The molecule has 0 aliphatic carbocycles. The lowest BCUT2D eigenvalue weighted by atomic mass is 9.95. The Morgan fingerprint density at radius 1 is 1.06 bits per heavy atom. The highest BCUT2D eigenvalue weighted by Gasteiger charge is 2.33. The highest BCUT2D eigenvalue weighted by Crippen LogP contribution is 2.36. The van der Waals surface area contributed by atoms with Crippen LogP contribution in [0.3, 0.4) is 0 Å². The van der Waals surface area contributed by atoms with Crippen molar-refractivity contribution in [3.05, 3.63) is 112 Å². The van der Waals surface area contributed by atoms with E-state index in [0.29, 0.717) is 45.3 Å². The van der Waals surface area contributed by atoms with Gasteiger partial charge in [0.1, 0.15) is 24.7 Å². The zero-order valence-electron chi connectivity index (χ0n) is 18.7. The summed E-state index contributed by atoms with van der Waals surface area (Å²) >= 11 is 12.1. The van der Waals surface area contributed by atoms with E-state index in [4.69, 9.17) is 27.9 Å². The molecule has 0 bridgehead atoms. The number of carbonyl (C=O) groups excluding carboxylic acids is 1. The number of amides is 1. The minimum atomic E-state index is -0.457. The molecular formula is C26H21Cl2N5O2. The van der Waals surface area contributed by atoms with Crippen LogP contribution in [-0.4, -0.2) is 20.7 Å². The summed E-state index contributed by atoms with van der Waals surface area (Å²) in [6, 6.07) is 21.9. The summed E-state index contributed by atoms with van der Waals surface area (Å²) in [4.78, 5) is 17.6. The molecule has 9 heteroatoms. The monoisotopic (exact) mass is 505 g/mol. The topological polar surface area (TPSA) is 81.1 Å². The Morgan fingerprint density at radius 3 is 2.57 bits per heavy atom. The van der Waals surface area contributed by atoms with E-state index in [2.05, 4.69) is 20.7 Å². The molecule has 0 saturated heterocycles. The maximum Gasteiger partial charge on any atom is 0.255 e. The summed E-state index contributed by atoms with van der Waals surface area (Å²) in [5.41, 5.74) is 3.76. The summed E-state index contributed by atoms with van der Waals surface area (Å²) < 4.78 is 7.62. The lowest BCUT2D eigenvalue weighted by molar-refractivity contribution is -0.113. The number of carbonyl (C=O) groups is 1. The van der Waals surface area contributed by atoms with E-state index in [0.717, 1.165) is 11.1 Å². The number of rotatable bonds is 6. The molecular weight excluding hydrogens is 485 g/mol. The molecule has 2 heterocycles. The van der Waals surface area contributed by atoms with Crippen molar-refractivity contribution in [2.24, 2.45) is 0 Å². The third-order valence-corrected chi connectivity index (χ3v) is 6.40. The van der Waals surface area contributed by atoms with E-state index in [1.807, 2.05) is 67.6 Å². The van der Waals surface area contributed by atoms with Gasteiger partial charge in [-0.3, -0.25) is 4.79 Å². The molecule has 1 aliphatic heterocycles. The molecule has 7 nitrogen and oxygen atoms in total. The zero-order valence-corrected chi connectivity index (χ0v) is 20.2. The second-order valence-corrected chi connectivity index (χ2v) is 8.84. The molecule has 3 aromatic carbocycles. The molecule has 1 unspecified atom stereocenters. The molecule has 0 spiro atoms. The van der Waals surface area contributed by atoms with E-state index in [1.165, 1.54) is 6.33 Å². The first-order chi connectivity index (χ1) is 17.0. The average Bonchev–Trinajstić information content (AvgIpc) is 3.33.